The first-order valence-electron chi connectivity index (χ1n) is 6.15. The molecule has 0 aliphatic heterocycles. The minimum Gasteiger partial charge on any atom is -0.307 e. The van der Waals surface area contributed by atoms with Gasteiger partial charge in [-0.3, -0.25) is 25.0 Å². The summed E-state index contributed by atoms with van der Waals surface area (Å²) in [6.45, 7) is 1.79. The molecule has 0 bridgehead atoms. The van der Waals surface area contributed by atoms with Gasteiger partial charge in [0, 0.05) is 22.8 Å². The molecule has 0 spiro atoms. The third-order valence-electron chi connectivity index (χ3n) is 2.87. The van der Waals surface area contributed by atoms with Crippen LogP contribution in [0.3, 0.4) is 0 Å². The highest BCUT2D eigenvalue weighted by Crippen LogP contribution is 2.24. The Labute approximate surface area is 137 Å². The lowest BCUT2D eigenvalue weighted by molar-refractivity contribution is -0.394. The number of nitrogens with zero attached hydrogens (tertiary/aromatic N) is 3. The first-order chi connectivity index (χ1) is 10.8. The minimum absolute atomic E-state index is 0.201. The number of halogens is 1. The summed E-state index contributed by atoms with van der Waals surface area (Å²) in [5, 5.41) is 24.1. The number of amides is 1. The number of benzene rings is 1. The number of aryl methyl sites for hydroxylation is 1. The Bertz CT molecular complexity index is 792. The first-order valence-corrected chi connectivity index (χ1v) is 6.94. The number of rotatable bonds is 4. The molecule has 0 radical (unpaired) electrons. The number of pyridine rings is 1. The van der Waals surface area contributed by atoms with Gasteiger partial charge in [-0.15, -0.1) is 0 Å². The Balaban J connectivity index is 2.36. The molecular weight excluding hydrogens is 372 g/mol. The Morgan fingerprint density at radius 1 is 1.13 bits per heavy atom. The van der Waals surface area contributed by atoms with E-state index in [1.165, 1.54) is 6.20 Å². The lowest BCUT2D eigenvalue weighted by Gasteiger charge is -2.06. The fourth-order valence-corrected chi connectivity index (χ4v) is 1.95. The second kappa shape index (κ2) is 6.48. The maximum atomic E-state index is 12.2. The monoisotopic (exact) mass is 380 g/mol. The second-order valence-electron chi connectivity index (χ2n) is 4.53. The van der Waals surface area contributed by atoms with E-state index in [9.17, 15) is 25.0 Å². The Morgan fingerprint density at radius 2 is 1.70 bits per heavy atom. The molecule has 9 nitrogen and oxygen atoms in total. The smallest absolute Gasteiger partial charge is 0.277 e. The summed E-state index contributed by atoms with van der Waals surface area (Å²) in [4.78, 5) is 36.2. The van der Waals surface area contributed by atoms with Gasteiger partial charge in [-0.05, 0) is 34.5 Å². The maximum Gasteiger partial charge on any atom is 0.277 e. The van der Waals surface area contributed by atoms with Crippen LogP contribution in [-0.4, -0.2) is 20.7 Å². The standard InChI is InChI=1S/C13H9BrN4O5/c1-7-2-12(15-6-11(7)14)16-13(19)8-3-9(17(20)21)5-10(4-8)18(22)23/h2-6H,1H3,(H,15,16,19). The van der Waals surface area contributed by atoms with Gasteiger partial charge in [-0.2, -0.15) is 0 Å². The third kappa shape index (κ3) is 3.86. The van der Waals surface area contributed by atoms with Crippen LogP contribution in [0.5, 0.6) is 0 Å². The van der Waals surface area contributed by atoms with E-state index in [4.69, 9.17) is 0 Å². The van der Waals surface area contributed by atoms with Crippen molar-refractivity contribution in [1.29, 1.82) is 0 Å². The quantitative estimate of drug-likeness (QED) is 0.640. The number of carbonyl (C=O) groups excluding carboxylic acids is 1. The van der Waals surface area contributed by atoms with E-state index in [0.29, 0.717) is 0 Å². The van der Waals surface area contributed by atoms with Gasteiger partial charge >= 0.3 is 0 Å². The molecule has 1 heterocycles. The number of nitro benzene ring substituents is 2. The van der Waals surface area contributed by atoms with Gasteiger partial charge in [0.2, 0.25) is 0 Å². The van der Waals surface area contributed by atoms with Crippen LogP contribution in [0.1, 0.15) is 15.9 Å². The van der Waals surface area contributed by atoms with Crippen LogP contribution in [-0.2, 0) is 0 Å². The number of non-ortho nitro benzene ring substituents is 2. The predicted octanol–water partition coefficient (Wildman–Crippen LogP) is 3.22. The van der Waals surface area contributed by atoms with Crippen LogP contribution in [0.15, 0.2) is 34.9 Å². The molecule has 0 aliphatic carbocycles. The number of hydrogen-bond acceptors (Lipinski definition) is 6. The number of nitro groups is 2. The van der Waals surface area contributed by atoms with Gasteiger partial charge in [0.25, 0.3) is 17.3 Å². The third-order valence-corrected chi connectivity index (χ3v) is 3.71. The van der Waals surface area contributed by atoms with Crippen molar-refractivity contribution in [3.8, 4) is 0 Å². The van der Waals surface area contributed by atoms with Crippen molar-refractivity contribution < 1.29 is 14.6 Å². The van der Waals surface area contributed by atoms with Crippen molar-refractivity contribution in [1.82, 2.24) is 4.98 Å². The number of anilines is 1. The molecular formula is C13H9BrN4O5. The normalized spacial score (nSPS) is 10.2. The van der Waals surface area contributed by atoms with Gasteiger partial charge in [-0.1, -0.05) is 0 Å². The van der Waals surface area contributed by atoms with E-state index in [1.807, 2.05) is 0 Å². The van der Waals surface area contributed by atoms with E-state index in [-0.39, 0.29) is 11.4 Å². The molecule has 1 amide bonds. The maximum absolute atomic E-state index is 12.2. The lowest BCUT2D eigenvalue weighted by Crippen LogP contribution is -2.13. The average Bonchev–Trinajstić information content (AvgIpc) is 2.50. The van der Waals surface area contributed by atoms with E-state index < -0.39 is 27.1 Å². The van der Waals surface area contributed by atoms with Crippen molar-refractivity contribution >= 4 is 39.0 Å². The number of carbonyl (C=O) groups is 1. The average molecular weight is 381 g/mol. The SMILES string of the molecule is Cc1cc(NC(=O)c2cc([N+](=O)[O-])cc([N+](=O)[O-])c2)ncc1Br. The number of nitrogens with one attached hydrogen (secondary N) is 1. The Hall–Kier alpha value is -2.88. The Morgan fingerprint density at radius 3 is 2.17 bits per heavy atom. The molecule has 0 unspecified atom stereocenters. The first kappa shape index (κ1) is 16.5. The van der Waals surface area contributed by atoms with Crippen LogP contribution >= 0.6 is 15.9 Å². The van der Waals surface area contributed by atoms with Gasteiger partial charge in [0.05, 0.1) is 21.5 Å². The molecule has 1 N–H and O–H groups in total. The molecule has 0 fully saturated rings. The molecule has 0 atom stereocenters. The van der Waals surface area contributed by atoms with Crippen molar-refractivity contribution in [2.24, 2.45) is 0 Å². The lowest BCUT2D eigenvalue weighted by atomic mass is 10.1. The van der Waals surface area contributed by atoms with Gasteiger partial charge in [0.15, 0.2) is 0 Å². The molecule has 1 aromatic carbocycles. The highest BCUT2D eigenvalue weighted by Gasteiger charge is 2.20. The van der Waals surface area contributed by atoms with Gasteiger partial charge < -0.3 is 5.32 Å². The summed E-state index contributed by atoms with van der Waals surface area (Å²) in [5.74, 6) is -0.504. The van der Waals surface area contributed by atoms with Crippen LogP contribution in [0, 0.1) is 27.2 Å². The molecule has 118 valence electrons. The molecule has 0 saturated carbocycles. The summed E-state index contributed by atoms with van der Waals surface area (Å²) in [6.07, 6.45) is 1.49. The van der Waals surface area contributed by atoms with Gasteiger partial charge in [0.1, 0.15) is 5.82 Å². The summed E-state index contributed by atoms with van der Waals surface area (Å²) >= 11 is 3.27. The van der Waals surface area contributed by atoms with E-state index in [0.717, 1.165) is 28.2 Å². The summed E-state index contributed by atoms with van der Waals surface area (Å²) < 4.78 is 0.751. The highest BCUT2D eigenvalue weighted by atomic mass is 79.9. The molecule has 23 heavy (non-hydrogen) atoms. The van der Waals surface area contributed by atoms with Crippen molar-refractivity contribution in [3.63, 3.8) is 0 Å². The van der Waals surface area contributed by atoms with Gasteiger partial charge in [-0.25, -0.2) is 4.98 Å². The van der Waals surface area contributed by atoms with E-state index >= 15 is 0 Å². The largest absolute Gasteiger partial charge is 0.307 e. The van der Waals surface area contributed by atoms with E-state index in [2.05, 4.69) is 26.2 Å². The fraction of sp³-hybridized carbons (Fsp3) is 0.0769. The molecule has 2 rings (SSSR count). The van der Waals surface area contributed by atoms with Crippen molar-refractivity contribution in [2.75, 3.05) is 5.32 Å². The zero-order valence-corrected chi connectivity index (χ0v) is 13.2. The highest BCUT2D eigenvalue weighted by molar-refractivity contribution is 9.10. The zero-order chi connectivity index (χ0) is 17.1. The van der Waals surface area contributed by atoms with Crippen LogP contribution in [0.4, 0.5) is 17.2 Å². The number of aromatic nitrogens is 1. The van der Waals surface area contributed by atoms with Crippen LogP contribution in [0.2, 0.25) is 0 Å². The molecule has 2 aromatic rings. The van der Waals surface area contributed by atoms with E-state index in [1.54, 1.807) is 13.0 Å². The molecule has 1 aromatic heterocycles. The van der Waals surface area contributed by atoms with Crippen LogP contribution in [0.25, 0.3) is 0 Å². The fourth-order valence-electron chi connectivity index (χ4n) is 1.73. The van der Waals surface area contributed by atoms with Crippen molar-refractivity contribution in [3.05, 3.63) is 66.3 Å². The molecule has 0 saturated heterocycles. The number of hydrogen-bond donors (Lipinski definition) is 1. The summed E-state index contributed by atoms with van der Waals surface area (Å²) in [7, 11) is 0. The Kier molecular flexibility index (Phi) is 4.65. The second-order valence-corrected chi connectivity index (χ2v) is 5.38. The summed E-state index contributed by atoms with van der Waals surface area (Å²) in [5.41, 5.74) is -0.456. The minimum atomic E-state index is -0.800. The summed E-state index contributed by atoms with van der Waals surface area (Å²) in [6, 6.07) is 4.31. The van der Waals surface area contributed by atoms with Crippen LogP contribution < -0.4 is 5.32 Å². The van der Waals surface area contributed by atoms with Crippen molar-refractivity contribution in [2.45, 2.75) is 6.92 Å². The molecule has 10 heteroatoms. The molecule has 0 aliphatic rings. The predicted molar refractivity (Wildman–Crippen MR) is 84.4 cm³/mol. The topological polar surface area (TPSA) is 128 Å². The zero-order valence-electron chi connectivity index (χ0n) is 11.6.